The van der Waals surface area contributed by atoms with E-state index in [-0.39, 0.29) is 34.7 Å². The third-order valence-electron chi connectivity index (χ3n) is 0. The van der Waals surface area contributed by atoms with Crippen molar-refractivity contribution in [1.29, 1.82) is 0 Å². The van der Waals surface area contributed by atoms with Crippen LogP contribution in [0.1, 0.15) is 0 Å². The van der Waals surface area contributed by atoms with E-state index < -0.39 is 31.2 Å². The molecular formula is Al2O12S3-6. The lowest BCUT2D eigenvalue weighted by Gasteiger charge is -2.06. The van der Waals surface area contributed by atoms with Crippen molar-refractivity contribution in [2.45, 2.75) is 0 Å². The zero-order valence-electron chi connectivity index (χ0n) is 7.28. The van der Waals surface area contributed by atoms with Crippen LogP contribution in [0.3, 0.4) is 0 Å². The fourth-order valence-electron chi connectivity index (χ4n) is 0. The summed E-state index contributed by atoms with van der Waals surface area (Å²) in [7, 11) is -15.5. The van der Waals surface area contributed by atoms with E-state index in [1.54, 1.807) is 0 Å². The van der Waals surface area contributed by atoms with Crippen LogP contribution in [0.4, 0.5) is 0 Å². The predicted octanol–water partition coefficient (Wildman–Crippen LogP) is -4.78. The highest BCUT2D eigenvalue weighted by atomic mass is 32.3. The Kier molecular flexibility index (Phi) is 21.1. The molecule has 0 bridgehead atoms. The average molecular weight is 342 g/mol. The van der Waals surface area contributed by atoms with Crippen LogP contribution in [-0.4, -0.2) is 87.3 Å². The van der Waals surface area contributed by atoms with Gasteiger partial charge >= 0.3 is 0 Å². The molecule has 12 nitrogen and oxygen atoms in total. The molecule has 0 unspecified atom stereocenters. The first-order valence-electron chi connectivity index (χ1n) is 2.00. The normalized spacial score (nSPS) is 10.2. The Morgan fingerprint density at radius 1 is 0.412 bits per heavy atom. The second-order valence-electron chi connectivity index (χ2n) is 1.22. The largest absolute Gasteiger partial charge is 0.759 e. The summed E-state index contributed by atoms with van der Waals surface area (Å²) in [5.41, 5.74) is 0. The maximum atomic E-state index is 8.52. The first-order chi connectivity index (χ1) is 6.00. The topological polar surface area (TPSA) is 241 Å². The molecule has 0 aliphatic heterocycles. The zero-order chi connectivity index (χ0) is 13.5. The molecule has 0 spiro atoms. The van der Waals surface area contributed by atoms with Gasteiger partial charge in [0.1, 0.15) is 0 Å². The lowest BCUT2D eigenvalue weighted by Crippen LogP contribution is -1.91. The molecule has 0 saturated carbocycles. The average Bonchev–Trinajstić information content (AvgIpc) is 1.41. The van der Waals surface area contributed by atoms with Crippen molar-refractivity contribution in [3.63, 3.8) is 0 Å². The van der Waals surface area contributed by atoms with Gasteiger partial charge in [-0.1, -0.05) is 0 Å². The second kappa shape index (κ2) is 11.7. The van der Waals surface area contributed by atoms with Crippen LogP contribution in [0.2, 0.25) is 0 Å². The molecule has 0 aromatic carbocycles. The molecule has 0 amide bonds. The first kappa shape index (κ1) is 30.6. The molecule has 0 fully saturated rings. The summed E-state index contributed by atoms with van der Waals surface area (Å²) in [4.78, 5) is 0. The van der Waals surface area contributed by atoms with Crippen LogP contribution in [0.5, 0.6) is 0 Å². The summed E-state index contributed by atoms with van der Waals surface area (Å²) in [6, 6.07) is 0. The number of rotatable bonds is 0. The number of hydrogen-bond acceptors (Lipinski definition) is 12. The molecule has 0 atom stereocenters. The fraction of sp³-hybridized carbons (Fsp3) is 0. The van der Waals surface area contributed by atoms with E-state index >= 15 is 0 Å². The van der Waals surface area contributed by atoms with Gasteiger partial charge in [0.05, 0.1) is 0 Å². The van der Waals surface area contributed by atoms with E-state index in [4.69, 9.17) is 52.6 Å². The van der Waals surface area contributed by atoms with E-state index in [0.717, 1.165) is 0 Å². The summed E-state index contributed by atoms with van der Waals surface area (Å²) < 4.78 is 102. The third-order valence-corrected chi connectivity index (χ3v) is 0. The zero-order valence-corrected chi connectivity index (χ0v) is 12.0. The lowest BCUT2D eigenvalue weighted by molar-refractivity contribution is 0.350. The maximum absolute atomic E-state index is 8.52. The quantitative estimate of drug-likeness (QED) is 0.229. The molecule has 0 rings (SSSR count). The van der Waals surface area contributed by atoms with Crippen molar-refractivity contribution >= 4 is 65.9 Å². The molecule has 0 aliphatic rings. The van der Waals surface area contributed by atoms with Gasteiger partial charge in [0, 0.05) is 65.9 Å². The van der Waals surface area contributed by atoms with Crippen LogP contribution in [-0.2, 0) is 31.2 Å². The first-order valence-corrected chi connectivity index (χ1v) is 6.00. The Labute approximate surface area is 118 Å². The van der Waals surface area contributed by atoms with Gasteiger partial charge in [-0.05, 0) is 0 Å². The minimum Gasteiger partial charge on any atom is -0.759 e. The highest BCUT2D eigenvalue weighted by Gasteiger charge is 1.50. The molecule has 0 aromatic heterocycles. The fourth-order valence-corrected chi connectivity index (χ4v) is 0. The van der Waals surface area contributed by atoms with E-state index in [2.05, 4.69) is 0 Å². The van der Waals surface area contributed by atoms with E-state index in [1.807, 2.05) is 0 Å². The molecule has 6 radical (unpaired) electrons. The minimum atomic E-state index is -5.17. The molecule has 0 aromatic rings. The highest BCUT2D eigenvalue weighted by Crippen LogP contribution is 1.58. The minimum absolute atomic E-state index is 0. The second-order valence-corrected chi connectivity index (χ2v) is 3.67. The molecule has 0 aliphatic carbocycles. The van der Waals surface area contributed by atoms with Gasteiger partial charge in [0.15, 0.2) is 0 Å². The monoisotopic (exact) mass is 342 g/mol. The standard InChI is InChI=1S/2Al.3H2O4S/c;;3*1-5(2,3)4/h;;3*(H2,1,2,3,4)/p-6. The van der Waals surface area contributed by atoms with Crippen molar-refractivity contribution < 1.29 is 52.6 Å². The Morgan fingerprint density at radius 2 is 0.412 bits per heavy atom. The third kappa shape index (κ3) is 7880. The van der Waals surface area contributed by atoms with Gasteiger partial charge in [-0.25, -0.2) is 0 Å². The van der Waals surface area contributed by atoms with E-state index in [0.29, 0.717) is 0 Å². The van der Waals surface area contributed by atoms with Gasteiger partial charge in [0.2, 0.25) is 0 Å². The Bertz CT molecular complexity index is 341. The van der Waals surface area contributed by atoms with Gasteiger partial charge in [-0.15, -0.1) is 0 Å². The molecule has 0 saturated heterocycles. The molecule has 17 heteroatoms. The summed E-state index contributed by atoms with van der Waals surface area (Å²) >= 11 is 0. The molecular weight excluding hydrogens is 342 g/mol. The number of hydrogen-bond donors (Lipinski definition) is 0. The molecule has 102 valence electrons. The van der Waals surface area contributed by atoms with Crippen LogP contribution in [0.15, 0.2) is 0 Å². The summed E-state index contributed by atoms with van der Waals surface area (Å²) in [6.07, 6.45) is 0. The van der Waals surface area contributed by atoms with Gasteiger partial charge in [-0.2, -0.15) is 0 Å². The van der Waals surface area contributed by atoms with Crippen molar-refractivity contribution in [2.75, 3.05) is 0 Å². The molecule has 17 heavy (non-hydrogen) atoms. The van der Waals surface area contributed by atoms with Gasteiger partial charge in [-0.3, -0.25) is 25.3 Å². The summed E-state index contributed by atoms with van der Waals surface area (Å²) in [5.74, 6) is 0. The molecule has 0 N–H and O–H groups in total. The smallest absolute Gasteiger partial charge is 0.0311 e. The van der Waals surface area contributed by atoms with Gasteiger partial charge in [0.25, 0.3) is 0 Å². The van der Waals surface area contributed by atoms with Crippen LogP contribution >= 0.6 is 0 Å². The highest BCUT2D eigenvalue weighted by molar-refractivity contribution is 7.80. The van der Waals surface area contributed by atoms with E-state index in [9.17, 15) is 0 Å². The predicted molar refractivity (Wildman–Crippen MR) is 42.9 cm³/mol. The summed E-state index contributed by atoms with van der Waals surface area (Å²) in [6.45, 7) is 0. The van der Waals surface area contributed by atoms with Crippen LogP contribution < -0.4 is 0 Å². The molecule has 0 heterocycles. The van der Waals surface area contributed by atoms with Crippen molar-refractivity contribution in [2.24, 2.45) is 0 Å². The SMILES string of the molecule is O=S(=O)([O-])[O-].O=S(=O)([O-])[O-].O=S(=O)([O-])[O-].[Al].[Al]. The van der Waals surface area contributed by atoms with E-state index in [1.165, 1.54) is 0 Å². The maximum Gasteiger partial charge on any atom is 0.0311 e. The Hall–Kier alpha value is 0.675. The Morgan fingerprint density at radius 3 is 0.412 bits per heavy atom. The van der Waals surface area contributed by atoms with Crippen molar-refractivity contribution in [3.8, 4) is 0 Å². The lowest BCUT2D eigenvalue weighted by atomic mass is 15.8. The van der Waals surface area contributed by atoms with Crippen LogP contribution in [0.25, 0.3) is 0 Å². The Balaban J connectivity index is -0.0000000400. The summed E-state index contributed by atoms with van der Waals surface area (Å²) in [5, 5.41) is 0. The van der Waals surface area contributed by atoms with Crippen molar-refractivity contribution in [3.05, 3.63) is 0 Å². The van der Waals surface area contributed by atoms with Crippen molar-refractivity contribution in [1.82, 2.24) is 0 Å². The van der Waals surface area contributed by atoms with Gasteiger partial charge < -0.3 is 27.3 Å². The van der Waals surface area contributed by atoms with Crippen LogP contribution in [0, 0.1) is 0 Å².